The lowest BCUT2D eigenvalue weighted by atomic mass is 10.1. The van der Waals surface area contributed by atoms with Crippen LogP contribution >= 0.6 is 11.6 Å². The molecule has 0 unspecified atom stereocenters. The molecule has 0 spiro atoms. The first-order valence-corrected chi connectivity index (χ1v) is 4.56. The molecule has 1 rings (SSSR count). The Morgan fingerprint density at radius 3 is 2.93 bits per heavy atom. The summed E-state index contributed by atoms with van der Waals surface area (Å²) < 4.78 is 5.25. The van der Waals surface area contributed by atoms with Crippen molar-refractivity contribution in [3.63, 3.8) is 0 Å². The number of hydrogen-bond donors (Lipinski definition) is 1. The second-order valence-corrected chi connectivity index (χ2v) is 3.29. The van der Waals surface area contributed by atoms with Gasteiger partial charge < -0.3 is 9.84 Å². The number of aliphatic hydroxyl groups is 1. The normalized spacial score (nSPS) is 11.9. The van der Waals surface area contributed by atoms with Gasteiger partial charge in [-0.05, 0) is 25.1 Å². The van der Waals surface area contributed by atoms with E-state index >= 15 is 0 Å². The van der Waals surface area contributed by atoms with Gasteiger partial charge in [0.2, 0.25) is 0 Å². The van der Waals surface area contributed by atoms with Crippen LogP contribution in [0, 0.1) is 12.3 Å². The topological polar surface area (TPSA) is 29.5 Å². The van der Waals surface area contributed by atoms with Crippen molar-refractivity contribution >= 4 is 11.6 Å². The fraction of sp³-hybridized carbons (Fsp3) is 0.273. The highest BCUT2D eigenvalue weighted by Gasteiger charge is 2.09. The Kier molecular flexibility index (Phi) is 3.82. The largest absolute Gasteiger partial charge is 0.481 e. The van der Waals surface area contributed by atoms with Gasteiger partial charge in [-0.3, -0.25) is 0 Å². The molecule has 14 heavy (non-hydrogen) atoms. The second kappa shape index (κ2) is 4.90. The molecule has 0 amide bonds. The zero-order valence-corrected chi connectivity index (χ0v) is 8.58. The van der Waals surface area contributed by atoms with Gasteiger partial charge in [0.25, 0.3) is 0 Å². The van der Waals surface area contributed by atoms with Crippen molar-refractivity contribution in [1.29, 1.82) is 0 Å². The van der Waals surface area contributed by atoms with Crippen LogP contribution in [0.15, 0.2) is 18.2 Å². The molecule has 3 heteroatoms. The van der Waals surface area contributed by atoms with E-state index in [4.69, 9.17) is 22.8 Å². The van der Waals surface area contributed by atoms with Crippen molar-refractivity contribution in [2.75, 3.05) is 6.61 Å². The van der Waals surface area contributed by atoms with E-state index < -0.39 is 6.10 Å². The molecule has 0 bridgehead atoms. The number of terminal acetylenes is 1. The number of ether oxygens (including phenoxy) is 1. The molecular weight excluding hydrogens is 200 g/mol. The van der Waals surface area contributed by atoms with Crippen molar-refractivity contribution in [2.24, 2.45) is 0 Å². The van der Waals surface area contributed by atoms with Crippen LogP contribution < -0.4 is 4.74 Å². The molecule has 1 aromatic rings. The lowest BCUT2D eigenvalue weighted by Gasteiger charge is -2.11. The van der Waals surface area contributed by atoms with E-state index in [0.29, 0.717) is 16.3 Å². The summed E-state index contributed by atoms with van der Waals surface area (Å²) in [5, 5.41) is 10.0. The van der Waals surface area contributed by atoms with Gasteiger partial charge in [-0.15, -0.1) is 6.42 Å². The molecule has 1 aromatic carbocycles. The van der Waals surface area contributed by atoms with Crippen LogP contribution in [0.25, 0.3) is 0 Å². The SMILES string of the molecule is C#CCOc1ccc(Cl)cc1[C@H](C)O. The second-order valence-electron chi connectivity index (χ2n) is 2.85. The summed E-state index contributed by atoms with van der Waals surface area (Å²) in [6, 6.07) is 5.05. The van der Waals surface area contributed by atoms with Crippen molar-refractivity contribution in [3.05, 3.63) is 28.8 Å². The van der Waals surface area contributed by atoms with E-state index in [1.54, 1.807) is 25.1 Å². The number of hydrogen-bond acceptors (Lipinski definition) is 2. The zero-order chi connectivity index (χ0) is 10.6. The van der Waals surface area contributed by atoms with Crippen molar-refractivity contribution in [1.82, 2.24) is 0 Å². The van der Waals surface area contributed by atoms with Gasteiger partial charge in [-0.2, -0.15) is 0 Å². The monoisotopic (exact) mass is 210 g/mol. The molecule has 0 heterocycles. The van der Waals surface area contributed by atoms with Gasteiger partial charge in [0.15, 0.2) is 0 Å². The first-order valence-electron chi connectivity index (χ1n) is 4.19. The fourth-order valence-corrected chi connectivity index (χ4v) is 1.28. The van der Waals surface area contributed by atoms with E-state index in [9.17, 15) is 5.11 Å². The molecule has 0 aromatic heterocycles. The Hall–Kier alpha value is -1.17. The predicted molar refractivity (Wildman–Crippen MR) is 56.4 cm³/mol. The molecule has 1 N–H and O–H groups in total. The highest BCUT2D eigenvalue weighted by atomic mass is 35.5. The van der Waals surface area contributed by atoms with Crippen LogP contribution in [-0.4, -0.2) is 11.7 Å². The highest BCUT2D eigenvalue weighted by Crippen LogP contribution is 2.28. The third-order valence-electron chi connectivity index (χ3n) is 1.73. The number of halogens is 1. The molecule has 2 nitrogen and oxygen atoms in total. The fourth-order valence-electron chi connectivity index (χ4n) is 1.10. The predicted octanol–water partition coefficient (Wildman–Crippen LogP) is 2.41. The van der Waals surface area contributed by atoms with E-state index in [1.165, 1.54) is 0 Å². The third-order valence-corrected chi connectivity index (χ3v) is 1.97. The molecular formula is C11H11ClO2. The first-order chi connectivity index (χ1) is 6.65. The summed E-state index contributed by atoms with van der Waals surface area (Å²) in [5.41, 5.74) is 0.646. The Morgan fingerprint density at radius 2 is 2.36 bits per heavy atom. The Balaban J connectivity index is 2.97. The lowest BCUT2D eigenvalue weighted by Crippen LogP contribution is -2.00. The van der Waals surface area contributed by atoms with Gasteiger partial charge in [0.1, 0.15) is 12.4 Å². The molecule has 1 atom stereocenters. The summed E-state index contributed by atoms with van der Waals surface area (Å²) in [5.74, 6) is 2.93. The van der Waals surface area contributed by atoms with Gasteiger partial charge in [-0.1, -0.05) is 17.5 Å². The van der Waals surface area contributed by atoms with Crippen LogP contribution in [0.3, 0.4) is 0 Å². The maximum atomic E-state index is 9.44. The lowest BCUT2D eigenvalue weighted by molar-refractivity contribution is 0.193. The molecule has 0 aliphatic heterocycles. The molecule has 0 aliphatic carbocycles. The van der Waals surface area contributed by atoms with Crippen LogP contribution in [-0.2, 0) is 0 Å². The third kappa shape index (κ3) is 2.66. The molecule has 0 aliphatic rings. The number of benzene rings is 1. The standard InChI is InChI=1S/C11H11ClO2/c1-3-6-14-11-5-4-9(12)7-10(11)8(2)13/h1,4-5,7-8,13H,6H2,2H3/t8-/m0/s1. The quantitative estimate of drug-likeness (QED) is 0.777. The number of aliphatic hydroxyl groups excluding tert-OH is 1. The maximum Gasteiger partial charge on any atom is 0.148 e. The Morgan fingerprint density at radius 1 is 1.64 bits per heavy atom. The zero-order valence-electron chi connectivity index (χ0n) is 7.83. The molecule has 0 radical (unpaired) electrons. The Labute approximate surface area is 88.5 Å². The summed E-state index contributed by atoms with van der Waals surface area (Å²) >= 11 is 5.79. The minimum Gasteiger partial charge on any atom is -0.481 e. The number of rotatable bonds is 3. The minimum atomic E-state index is -0.624. The highest BCUT2D eigenvalue weighted by molar-refractivity contribution is 6.30. The van der Waals surface area contributed by atoms with Crippen LogP contribution in [0.1, 0.15) is 18.6 Å². The summed E-state index contributed by atoms with van der Waals surface area (Å²) in [7, 11) is 0. The summed E-state index contributed by atoms with van der Waals surface area (Å²) in [6.45, 7) is 1.83. The first kappa shape index (κ1) is 10.9. The minimum absolute atomic E-state index is 0.182. The van der Waals surface area contributed by atoms with Crippen LogP contribution in [0.2, 0.25) is 5.02 Å². The van der Waals surface area contributed by atoms with E-state index in [2.05, 4.69) is 5.92 Å². The Bertz CT molecular complexity index is 353. The smallest absolute Gasteiger partial charge is 0.148 e. The van der Waals surface area contributed by atoms with Gasteiger partial charge in [-0.25, -0.2) is 0 Å². The summed E-state index contributed by atoms with van der Waals surface area (Å²) in [6.07, 6.45) is 4.45. The average molecular weight is 211 g/mol. The molecule has 0 saturated carbocycles. The summed E-state index contributed by atoms with van der Waals surface area (Å²) in [4.78, 5) is 0. The van der Waals surface area contributed by atoms with Crippen LogP contribution in [0.4, 0.5) is 0 Å². The van der Waals surface area contributed by atoms with E-state index in [-0.39, 0.29) is 6.61 Å². The average Bonchev–Trinajstić information content (AvgIpc) is 2.15. The maximum absolute atomic E-state index is 9.44. The van der Waals surface area contributed by atoms with Crippen molar-refractivity contribution in [2.45, 2.75) is 13.0 Å². The molecule has 74 valence electrons. The van der Waals surface area contributed by atoms with Gasteiger partial charge >= 0.3 is 0 Å². The van der Waals surface area contributed by atoms with Crippen LogP contribution in [0.5, 0.6) is 5.75 Å². The van der Waals surface area contributed by atoms with Crippen molar-refractivity contribution < 1.29 is 9.84 Å². The molecule has 0 saturated heterocycles. The molecule has 0 fully saturated rings. The van der Waals surface area contributed by atoms with E-state index in [0.717, 1.165) is 0 Å². The van der Waals surface area contributed by atoms with E-state index in [1.807, 2.05) is 0 Å². The van der Waals surface area contributed by atoms with Gasteiger partial charge in [0, 0.05) is 10.6 Å². The van der Waals surface area contributed by atoms with Crippen molar-refractivity contribution in [3.8, 4) is 18.1 Å². The van der Waals surface area contributed by atoms with Gasteiger partial charge in [0.05, 0.1) is 6.10 Å².